The number of carbonyl (C=O) groups is 1. The van der Waals surface area contributed by atoms with Crippen LogP contribution in [0, 0.1) is 5.92 Å². The van der Waals surface area contributed by atoms with Crippen molar-refractivity contribution in [1.29, 1.82) is 0 Å². The van der Waals surface area contributed by atoms with E-state index in [1.165, 1.54) is 0 Å². The minimum Gasteiger partial charge on any atom is -0.334 e. The lowest BCUT2D eigenvalue weighted by Gasteiger charge is -2.38. The lowest BCUT2D eigenvalue weighted by molar-refractivity contribution is 0.0575. The predicted molar refractivity (Wildman–Crippen MR) is 81.8 cm³/mol. The average molecular weight is 284 g/mol. The van der Waals surface area contributed by atoms with E-state index in [1.54, 1.807) is 12.4 Å². The number of para-hydroxylation sites is 1. The number of benzene rings is 1. The Hall–Kier alpha value is -2.01. The van der Waals surface area contributed by atoms with Crippen LogP contribution in [0.4, 0.5) is 0 Å². The van der Waals surface area contributed by atoms with Gasteiger partial charge in [0.2, 0.25) is 0 Å². The van der Waals surface area contributed by atoms with Crippen LogP contribution in [0.2, 0.25) is 0 Å². The first-order chi connectivity index (χ1) is 10.2. The zero-order valence-electron chi connectivity index (χ0n) is 12.2. The number of fused-ring (bicyclic) bond motifs is 1. The standard InChI is InChI=1S/C16H20N4O/c1-11-5-8-20(12(9-11)10-17)16(21)13-3-2-4-14-15(13)19-7-6-18-14/h2-4,6-7,11-12H,5,8-10,17H2,1H3. The van der Waals surface area contributed by atoms with Crippen LogP contribution in [0.3, 0.4) is 0 Å². The van der Waals surface area contributed by atoms with Gasteiger partial charge in [-0.3, -0.25) is 14.8 Å². The van der Waals surface area contributed by atoms with Crippen molar-refractivity contribution in [2.45, 2.75) is 25.8 Å². The molecule has 21 heavy (non-hydrogen) atoms. The van der Waals surface area contributed by atoms with Crippen LogP contribution in [0.5, 0.6) is 0 Å². The van der Waals surface area contributed by atoms with Gasteiger partial charge in [0, 0.05) is 31.5 Å². The summed E-state index contributed by atoms with van der Waals surface area (Å²) in [6.45, 7) is 3.49. The van der Waals surface area contributed by atoms with Crippen LogP contribution in [-0.4, -0.2) is 39.9 Å². The highest BCUT2D eigenvalue weighted by Gasteiger charge is 2.30. The van der Waals surface area contributed by atoms with Crippen LogP contribution in [-0.2, 0) is 0 Å². The zero-order valence-corrected chi connectivity index (χ0v) is 12.2. The van der Waals surface area contributed by atoms with Gasteiger partial charge in [0.15, 0.2) is 0 Å². The summed E-state index contributed by atoms with van der Waals surface area (Å²) in [4.78, 5) is 23.4. The Morgan fingerprint density at radius 1 is 1.38 bits per heavy atom. The topological polar surface area (TPSA) is 72.1 Å². The largest absolute Gasteiger partial charge is 0.334 e. The molecule has 1 aromatic heterocycles. The summed E-state index contributed by atoms with van der Waals surface area (Å²) in [5.41, 5.74) is 7.90. The van der Waals surface area contributed by atoms with Crippen molar-refractivity contribution in [3.05, 3.63) is 36.2 Å². The number of carbonyl (C=O) groups excluding carboxylic acids is 1. The predicted octanol–water partition coefficient (Wildman–Crippen LogP) is 1.83. The number of hydrogen-bond donors (Lipinski definition) is 1. The number of nitrogens with zero attached hydrogens (tertiary/aromatic N) is 3. The zero-order chi connectivity index (χ0) is 14.8. The van der Waals surface area contributed by atoms with E-state index in [1.807, 2.05) is 23.1 Å². The molecule has 1 amide bonds. The Morgan fingerprint density at radius 3 is 3.00 bits per heavy atom. The smallest absolute Gasteiger partial charge is 0.256 e. The average Bonchev–Trinajstić information content (AvgIpc) is 2.53. The molecule has 2 heterocycles. The Bertz CT molecular complexity index is 652. The first-order valence-corrected chi connectivity index (χ1v) is 7.41. The highest BCUT2D eigenvalue weighted by Crippen LogP contribution is 2.25. The van der Waals surface area contributed by atoms with E-state index in [2.05, 4.69) is 16.9 Å². The van der Waals surface area contributed by atoms with Gasteiger partial charge in [0.05, 0.1) is 11.1 Å². The van der Waals surface area contributed by atoms with Crippen molar-refractivity contribution in [2.24, 2.45) is 11.7 Å². The van der Waals surface area contributed by atoms with Gasteiger partial charge >= 0.3 is 0 Å². The minimum absolute atomic E-state index is 0.0171. The van der Waals surface area contributed by atoms with Gasteiger partial charge in [0.1, 0.15) is 5.52 Å². The fourth-order valence-electron chi connectivity index (χ4n) is 3.06. The molecule has 1 aliphatic heterocycles. The molecular formula is C16H20N4O. The monoisotopic (exact) mass is 284 g/mol. The molecule has 2 aromatic rings. The van der Waals surface area contributed by atoms with Gasteiger partial charge in [-0.25, -0.2) is 0 Å². The van der Waals surface area contributed by atoms with E-state index in [0.29, 0.717) is 23.5 Å². The normalized spacial score (nSPS) is 22.5. The van der Waals surface area contributed by atoms with Gasteiger partial charge in [-0.15, -0.1) is 0 Å². The maximum atomic E-state index is 12.9. The molecule has 1 saturated heterocycles. The van der Waals surface area contributed by atoms with E-state index in [9.17, 15) is 4.79 Å². The number of nitrogens with two attached hydrogens (primary N) is 1. The fraction of sp³-hybridized carbons (Fsp3) is 0.438. The summed E-state index contributed by atoms with van der Waals surface area (Å²) in [6, 6.07) is 5.67. The number of piperidine rings is 1. The van der Waals surface area contributed by atoms with Crippen molar-refractivity contribution >= 4 is 16.9 Å². The SMILES string of the molecule is CC1CCN(C(=O)c2cccc3nccnc23)C(CN)C1. The van der Waals surface area contributed by atoms with Crippen LogP contribution in [0.1, 0.15) is 30.1 Å². The molecule has 0 spiro atoms. The molecule has 5 nitrogen and oxygen atoms in total. The lowest BCUT2D eigenvalue weighted by atomic mass is 9.91. The highest BCUT2D eigenvalue weighted by molar-refractivity contribution is 6.04. The molecule has 0 saturated carbocycles. The number of hydrogen-bond acceptors (Lipinski definition) is 4. The van der Waals surface area contributed by atoms with E-state index in [4.69, 9.17) is 5.73 Å². The Labute approximate surface area is 124 Å². The maximum Gasteiger partial charge on any atom is 0.256 e. The van der Waals surface area contributed by atoms with Crippen molar-refractivity contribution in [3.63, 3.8) is 0 Å². The van der Waals surface area contributed by atoms with E-state index in [-0.39, 0.29) is 11.9 Å². The minimum atomic E-state index is 0.0171. The molecule has 2 atom stereocenters. The third-order valence-corrected chi connectivity index (χ3v) is 4.24. The Kier molecular flexibility index (Phi) is 3.84. The molecule has 3 rings (SSSR count). The van der Waals surface area contributed by atoms with Crippen LogP contribution in [0.25, 0.3) is 11.0 Å². The molecule has 110 valence electrons. The third kappa shape index (κ3) is 2.61. The Balaban J connectivity index is 1.96. The molecule has 1 aliphatic rings. The third-order valence-electron chi connectivity index (χ3n) is 4.24. The molecule has 1 aromatic carbocycles. The second kappa shape index (κ2) is 5.77. The summed E-state index contributed by atoms with van der Waals surface area (Å²) in [7, 11) is 0. The molecule has 0 bridgehead atoms. The number of rotatable bonds is 2. The van der Waals surface area contributed by atoms with E-state index in [0.717, 1.165) is 24.9 Å². The molecule has 2 unspecified atom stereocenters. The highest BCUT2D eigenvalue weighted by atomic mass is 16.2. The summed E-state index contributed by atoms with van der Waals surface area (Å²) in [6.07, 6.45) is 5.26. The van der Waals surface area contributed by atoms with Crippen LogP contribution >= 0.6 is 0 Å². The number of likely N-dealkylation sites (tertiary alicyclic amines) is 1. The van der Waals surface area contributed by atoms with Gasteiger partial charge < -0.3 is 10.6 Å². The van der Waals surface area contributed by atoms with E-state index >= 15 is 0 Å². The van der Waals surface area contributed by atoms with Crippen molar-refractivity contribution in [2.75, 3.05) is 13.1 Å². The van der Waals surface area contributed by atoms with E-state index < -0.39 is 0 Å². The molecule has 0 radical (unpaired) electrons. The Morgan fingerprint density at radius 2 is 2.19 bits per heavy atom. The summed E-state index contributed by atoms with van der Waals surface area (Å²) in [5, 5.41) is 0. The number of amides is 1. The lowest BCUT2D eigenvalue weighted by Crippen LogP contribution is -2.49. The van der Waals surface area contributed by atoms with Gasteiger partial charge in [-0.1, -0.05) is 13.0 Å². The second-order valence-electron chi connectivity index (χ2n) is 5.75. The maximum absolute atomic E-state index is 12.9. The molecule has 5 heteroatoms. The van der Waals surface area contributed by atoms with Crippen LogP contribution < -0.4 is 5.73 Å². The molecular weight excluding hydrogens is 264 g/mol. The summed E-state index contributed by atoms with van der Waals surface area (Å²) in [5.74, 6) is 0.637. The van der Waals surface area contributed by atoms with Gasteiger partial charge in [-0.05, 0) is 30.9 Å². The van der Waals surface area contributed by atoms with Gasteiger partial charge in [-0.2, -0.15) is 0 Å². The van der Waals surface area contributed by atoms with Crippen molar-refractivity contribution in [1.82, 2.24) is 14.9 Å². The van der Waals surface area contributed by atoms with Crippen molar-refractivity contribution < 1.29 is 4.79 Å². The quantitative estimate of drug-likeness (QED) is 0.913. The first-order valence-electron chi connectivity index (χ1n) is 7.41. The summed E-state index contributed by atoms with van der Waals surface area (Å²) >= 11 is 0. The molecule has 0 aliphatic carbocycles. The van der Waals surface area contributed by atoms with Gasteiger partial charge in [0.25, 0.3) is 5.91 Å². The first kappa shape index (κ1) is 13.9. The van der Waals surface area contributed by atoms with Crippen LogP contribution in [0.15, 0.2) is 30.6 Å². The fourth-order valence-corrected chi connectivity index (χ4v) is 3.06. The number of aromatic nitrogens is 2. The molecule has 1 fully saturated rings. The second-order valence-corrected chi connectivity index (χ2v) is 5.75. The molecule has 2 N–H and O–H groups in total. The van der Waals surface area contributed by atoms with Crippen molar-refractivity contribution in [3.8, 4) is 0 Å². The summed E-state index contributed by atoms with van der Waals surface area (Å²) < 4.78 is 0.